The fourth-order valence-corrected chi connectivity index (χ4v) is 3.32. The molecule has 0 amide bonds. The summed E-state index contributed by atoms with van der Waals surface area (Å²) in [5.41, 5.74) is 2.49. The van der Waals surface area contributed by atoms with Gasteiger partial charge >= 0.3 is 0 Å². The van der Waals surface area contributed by atoms with Crippen LogP contribution in [0.1, 0.15) is 25.3 Å². The van der Waals surface area contributed by atoms with Crippen molar-refractivity contribution in [2.24, 2.45) is 0 Å². The Kier molecular flexibility index (Phi) is 4.29. The third-order valence-corrected chi connectivity index (χ3v) is 4.53. The fourth-order valence-electron chi connectivity index (χ4n) is 3.15. The Balaban J connectivity index is 1.80. The highest BCUT2D eigenvalue weighted by Crippen LogP contribution is 2.24. The van der Waals surface area contributed by atoms with Crippen molar-refractivity contribution < 1.29 is 0 Å². The summed E-state index contributed by atoms with van der Waals surface area (Å²) < 4.78 is 0. The molecule has 0 saturated carbocycles. The first-order valence-corrected chi connectivity index (χ1v) is 7.86. The van der Waals surface area contributed by atoms with Gasteiger partial charge < -0.3 is 10.3 Å². The molecule has 0 bridgehead atoms. The van der Waals surface area contributed by atoms with Crippen LogP contribution in [0.5, 0.6) is 0 Å². The maximum Gasteiger partial charge on any atom is 0.0472 e. The molecule has 1 aromatic carbocycles. The van der Waals surface area contributed by atoms with Crippen molar-refractivity contribution in [2.75, 3.05) is 19.6 Å². The van der Waals surface area contributed by atoms with E-state index >= 15 is 0 Å². The molecule has 3 nitrogen and oxygen atoms in total. The first kappa shape index (κ1) is 13.9. The number of hydrogen-bond donors (Lipinski definition) is 2. The van der Waals surface area contributed by atoms with Gasteiger partial charge in [0.1, 0.15) is 0 Å². The lowest BCUT2D eigenvalue weighted by Crippen LogP contribution is -2.45. The molecule has 3 rings (SSSR count). The Morgan fingerprint density at radius 3 is 3.05 bits per heavy atom. The van der Waals surface area contributed by atoms with Crippen LogP contribution < -0.4 is 5.32 Å². The molecule has 1 aliphatic rings. The van der Waals surface area contributed by atoms with Crippen LogP contribution in [0.2, 0.25) is 5.02 Å². The van der Waals surface area contributed by atoms with E-state index in [4.69, 9.17) is 11.6 Å². The number of nitrogens with one attached hydrogen (secondary N) is 2. The summed E-state index contributed by atoms with van der Waals surface area (Å²) in [5, 5.41) is 5.58. The summed E-state index contributed by atoms with van der Waals surface area (Å²) in [6.45, 7) is 6.62. The number of fused-ring (bicyclic) bond motifs is 1. The van der Waals surface area contributed by atoms with Crippen LogP contribution in [0.15, 0.2) is 24.4 Å². The normalized spacial score (nSPS) is 19.9. The monoisotopic (exact) mass is 291 g/mol. The molecule has 1 aliphatic heterocycles. The standard InChI is InChI=1S/C16H22ClN3/c1-2-20(14-4-3-7-18-10-14)11-12-9-19-16-8-13(17)5-6-15(12)16/h5-6,8-9,14,18-19H,2-4,7,10-11H2,1H3. The Morgan fingerprint density at radius 2 is 2.30 bits per heavy atom. The van der Waals surface area contributed by atoms with Crippen LogP contribution >= 0.6 is 11.6 Å². The van der Waals surface area contributed by atoms with Crippen molar-refractivity contribution in [3.63, 3.8) is 0 Å². The molecular weight excluding hydrogens is 270 g/mol. The average molecular weight is 292 g/mol. The van der Waals surface area contributed by atoms with Gasteiger partial charge in [0, 0.05) is 41.3 Å². The number of rotatable bonds is 4. The summed E-state index contributed by atoms with van der Waals surface area (Å²) in [6, 6.07) is 6.75. The lowest BCUT2D eigenvalue weighted by molar-refractivity contribution is 0.166. The van der Waals surface area contributed by atoms with Crippen LogP contribution in [0.3, 0.4) is 0 Å². The maximum atomic E-state index is 6.04. The van der Waals surface area contributed by atoms with E-state index in [-0.39, 0.29) is 0 Å². The van der Waals surface area contributed by atoms with Crippen molar-refractivity contribution in [1.29, 1.82) is 0 Å². The van der Waals surface area contributed by atoms with Crippen molar-refractivity contribution in [1.82, 2.24) is 15.2 Å². The molecule has 108 valence electrons. The lowest BCUT2D eigenvalue weighted by Gasteiger charge is -2.33. The number of halogens is 1. The Hall–Kier alpha value is -1.03. The number of likely N-dealkylation sites (N-methyl/N-ethyl adjacent to an activating group) is 1. The van der Waals surface area contributed by atoms with E-state index < -0.39 is 0 Å². The molecule has 2 N–H and O–H groups in total. The van der Waals surface area contributed by atoms with Gasteiger partial charge in [-0.3, -0.25) is 4.90 Å². The minimum Gasteiger partial charge on any atom is -0.361 e. The van der Waals surface area contributed by atoms with E-state index in [0.29, 0.717) is 6.04 Å². The third kappa shape index (κ3) is 2.85. The second kappa shape index (κ2) is 6.17. The number of H-pyrrole nitrogens is 1. The summed E-state index contributed by atoms with van der Waals surface area (Å²) in [4.78, 5) is 5.91. The van der Waals surface area contributed by atoms with Crippen LogP contribution in [-0.2, 0) is 6.54 Å². The van der Waals surface area contributed by atoms with E-state index in [9.17, 15) is 0 Å². The summed E-state index contributed by atoms with van der Waals surface area (Å²) in [6.07, 6.45) is 4.71. The van der Waals surface area contributed by atoms with Gasteiger partial charge in [-0.1, -0.05) is 24.6 Å². The van der Waals surface area contributed by atoms with Crippen molar-refractivity contribution in [3.8, 4) is 0 Å². The van der Waals surface area contributed by atoms with Crippen LogP contribution in [0.25, 0.3) is 10.9 Å². The van der Waals surface area contributed by atoms with E-state index in [1.165, 1.54) is 30.3 Å². The fraction of sp³-hybridized carbons (Fsp3) is 0.500. The largest absolute Gasteiger partial charge is 0.361 e. The van der Waals surface area contributed by atoms with E-state index in [2.05, 4.69) is 34.4 Å². The molecule has 2 heterocycles. The van der Waals surface area contributed by atoms with Gasteiger partial charge in [-0.25, -0.2) is 0 Å². The molecule has 1 atom stereocenters. The van der Waals surface area contributed by atoms with Crippen LogP contribution in [0, 0.1) is 0 Å². The molecule has 0 radical (unpaired) electrons. The number of piperidine rings is 1. The highest BCUT2D eigenvalue weighted by Gasteiger charge is 2.20. The molecule has 0 aliphatic carbocycles. The predicted molar refractivity (Wildman–Crippen MR) is 85.3 cm³/mol. The number of benzene rings is 1. The third-order valence-electron chi connectivity index (χ3n) is 4.30. The molecule has 1 unspecified atom stereocenters. The van der Waals surface area contributed by atoms with Gasteiger partial charge in [0.05, 0.1) is 0 Å². The quantitative estimate of drug-likeness (QED) is 0.905. The van der Waals surface area contributed by atoms with Gasteiger partial charge in [-0.2, -0.15) is 0 Å². The van der Waals surface area contributed by atoms with Gasteiger partial charge in [0.15, 0.2) is 0 Å². The summed E-state index contributed by atoms with van der Waals surface area (Å²) in [5.74, 6) is 0. The van der Waals surface area contributed by atoms with Crippen molar-refractivity contribution >= 4 is 22.5 Å². The smallest absolute Gasteiger partial charge is 0.0472 e. The minimum absolute atomic E-state index is 0.658. The second-order valence-electron chi connectivity index (χ2n) is 5.57. The summed E-state index contributed by atoms with van der Waals surface area (Å²) >= 11 is 6.04. The number of aromatic nitrogens is 1. The van der Waals surface area contributed by atoms with Gasteiger partial charge in [0.25, 0.3) is 0 Å². The Morgan fingerprint density at radius 1 is 1.40 bits per heavy atom. The molecule has 4 heteroatoms. The molecule has 1 saturated heterocycles. The lowest BCUT2D eigenvalue weighted by atomic mass is 10.0. The zero-order valence-electron chi connectivity index (χ0n) is 12.0. The molecular formula is C16H22ClN3. The van der Waals surface area contributed by atoms with Gasteiger partial charge in [-0.15, -0.1) is 0 Å². The molecule has 0 spiro atoms. The highest BCUT2D eigenvalue weighted by molar-refractivity contribution is 6.31. The van der Waals surface area contributed by atoms with E-state index in [1.807, 2.05) is 12.1 Å². The number of nitrogens with zero attached hydrogens (tertiary/aromatic N) is 1. The van der Waals surface area contributed by atoms with Crippen LogP contribution in [0.4, 0.5) is 0 Å². The van der Waals surface area contributed by atoms with Gasteiger partial charge in [-0.05, 0) is 43.6 Å². The Bertz CT molecular complexity index is 572. The van der Waals surface area contributed by atoms with Crippen LogP contribution in [-0.4, -0.2) is 35.6 Å². The average Bonchev–Trinajstić information content (AvgIpc) is 2.87. The van der Waals surface area contributed by atoms with Gasteiger partial charge in [0.2, 0.25) is 0 Å². The molecule has 1 fully saturated rings. The first-order chi connectivity index (χ1) is 9.78. The molecule has 1 aromatic heterocycles. The predicted octanol–water partition coefficient (Wildman–Crippen LogP) is 3.40. The second-order valence-corrected chi connectivity index (χ2v) is 6.00. The van der Waals surface area contributed by atoms with E-state index in [1.54, 1.807) is 0 Å². The maximum absolute atomic E-state index is 6.04. The molecule has 20 heavy (non-hydrogen) atoms. The van der Waals surface area contributed by atoms with Crippen molar-refractivity contribution in [3.05, 3.63) is 35.0 Å². The summed E-state index contributed by atoms with van der Waals surface area (Å²) in [7, 11) is 0. The topological polar surface area (TPSA) is 31.1 Å². The van der Waals surface area contributed by atoms with E-state index in [0.717, 1.165) is 30.2 Å². The zero-order valence-corrected chi connectivity index (χ0v) is 12.7. The number of aromatic amines is 1. The first-order valence-electron chi connectivity index (χ1n) is 7.48. The SMILES string of the molecule is CCN(Cc1c[nH]c2cc(Cl)ccc12)C1CCCNC1. The molecule has 2 aromatic rings. The number of hydrogen-bond acceptors (Lipinski definition) is 2. The zero-order chi connectivity index (χ0) is 13.9. The minimum atomic E-state index is 0.658. The highest BCUT2D eigenvalue weighted by atomic mass is 35.5. The van der Waals surface area contributed by atoms with Crippen molar-refractivity contribution in [2.45, 2.75) is 32.4 Å². The Labute approximate surface area is 125 Å².